The molecule has 0 radical (unpaired) electrons. The lowest BCUT2D eigenvalue weighted by Crippen LogP contribution is -2.44. The number of benzene rings is 1. The maximum Gasteiger partial charge on any atom is 0.319 e. The molecule has 26 heavy (non-hydrogen) atoms. The highest BCUT2D eigenvalue weighted by Gasteiger charge is 2.25. The zero-order valence-electron chi connectivity index (χ0n) is 15.4. The molecule has 0 spiro atoms. The number of aryl methyl sites for hydroxylation is 2. The molecule has 2 heterocycles. The maximum absolute atomic E-state index is 12.6. The Labute approximate surface area is 154 Å². The molecule has 1 amide bonds. The van der Waals surface area contributed by atoms with E-state index in [0.29, 0.717) is 18.8 Å². The van der Waals surface area contributed by atoms with Gasteiger partial charge in [0.05, 0.1) is 13.7 Å². The van der Waals surface area contributed by atoms with Crippen LogP contribution in [0.4, 0.5) is 0 Å². The molecule has 1 atom stereocenters. The number of piperidine rings is 1. The van der Waals surface area contributed by atoms with Gasteiger partial charge < -0.3 is 14.4 Å². The average Bonchev–Trinajstić information content (AvgIpc) is 2.66. The second kappa shape index (κ2) is 8.65. The fraction of sp³-hybridized carbons (Fsp3) is 0.450. The molecule has 0 bridgehead atoms. The van der Waals surface area contributed by atoms with E-state index >= 15 is 0 Å². The Hall–Kier alpha value is -2.63. The van der Waals surface area contributed by atoms with Crippen molar-refractivity contribution in [1.29, 1.82) is 0 Å². The first-order chi connectivity index (χ1) is 12.6. The number of methoxy groups -OCH3 is 1. The van der Waals surface area contributed by atoms with Gasteiger partial charge in [0.25, 0.3) is 0 Å². The van der Waals surface area contributed by atoms with Gasteiger partial charge in [0.15, 0.2) is 0 Å². The quantitative estimate of drug-likeness (QED) is 0.797. The molecule has 6 heteroatoms. The van der Waals surface area contributed by atoms with Crippen LogP contribution in [0.3, 0.4) is 0 Å². The van der Waals surface area contributed by atoms with Crippen LogP contribution in [-0.4, -0.2) is 47.1 Å². The van der Waals surface area contributed by atoms with Crippen LogP contribution in [0.15, 0.2) is 36.5 Å². The molecule has 6 nitrogen and oxygen atoms in total. The summed E-state index contributed by atoms with van der Waals surface area (Å²) in [7, 11) is 1.52. The van der Waals surface area contributed by atoms with E-state index in [1.807, 2.05) is 11.0 Å². The van der Waals surface area contributed by atoms with Gasteiger partial charge in [-0.25, -0.2) is 4.98 Å². The molecule has 0 N–H and O–H groups in total. The number of hydrogen-bond donors (Lipinski definition) is 0. The minimum atomic E-state index is -0.0497. The van der Waals surface area contributed by atoms with Gasteiger partial charge in [0.2, 0.25) is 11.8 Å². The lowest BCUT2D eigenvalue weighted by Gasteiger charge is -2.32. The van der Waals surface area contributed by atoms with E-state index in [1.165, 1.54) is 18.2 Å². The summed E-state index contributed by atoms with van der Waals surface area (Å²) >= 11 is 0. The van der Waals surface area contributed by atoms with Crippen LogP contribution in [0.5, 0.6) is 11.9 Å². The third-order valence-electron chi connectivity index (χ3n) is 4.52. The van der Waals surface area contributed by atoms with Crippen molar-refractivity contribution in [2.75, 3.05) is 20.2 Å². The van der Waals surface area contributed by atoms with E-state index in [1.54, 1.807) is 12.3 Å². The molecule has 1 unspecified atom stereocenters. The van der Waals surface area contributed by atoms with Crippen LogP contribution in [-0.2, 0) is 11.2 Å². The first-order valence-electron chi connectivity index (χ1n) is 9.01. The predicted octanol–water partition coefficient (Wildman–Crippen LogP) is 2.80. The van der Waals surface area contributed by atoms with Crippen LogP contribution in [0, 0.1) is 6.92 Å². The van der Waals surface area contributed by atoms with Gasteiger partial charge in [0, 0.05) is 25.2 Å². The van der Waals surface area contributed by atoms with E-state index in [0.717, 1.165) is 25.8 Å². The monoisotopic (exact) mass is 355 g/mol. The second-order valence-corrected chi connectivity index (χ2v) is 6.59. The Morgan fingerprint density at radius 2 is 2.23 bits per heavy atom. The topological polar surface area (TPSA) is 64.6 Å². The van der Waals surface area contributed by atoms with E-state index in [4.69, 9.17) is 9.47 Å². The molecular weight excluding hydrogens is 330 g/mol. The maximum atomic E-state index is 12.6. The van der Waals surface area contributed by atoms with Crippen LogP contribution < -0.4 is 9.47 Å². The van der Waals surface area contributed by atoms with E-state index in [-0.39, 0.29) is 18.0 Å². The number of carbonyl (C=O) groups excluding carboxylic acids is 1. The van der Waals surface area contributed by atoms with E-state index < -0.39 is 0 Å². The normalized spacial score (nSPS) is 17.0. The lowest BCUT2D eigenvalue weighted by molar-refractivity contribution is -0.133. The van der Waals surface area contributed by atoms with Crippen molar-refractivity contribution in [3.05, 3.63) is 47.7 Å². The number of aromatic nitrogens is 2. The SMILES string of the molecule is COc1nccc(OC2CCCN(C(=O)CCc3cccc(C)c3)C2)n1. The summed E-state index contributed by atoms with van der Waals surface area (Å²) in [5, 5.41) is 0. The average molecular weight is 355 g/mol. The summed E-state index contributed by atoms with van der Waals surface area (Å²) in [4.78, 5) is 22.6. The van der Waals surface area contributed by atoms with E-state index in [2.05, 4.69) is 35.1 Å². The van der Waals surface area contributed by atoms with Crippen molar-refractivity contribution < 1.29 is 14.3 Å². The fourth-order valence-corrected chi connectivity index (χ4v) is 3.20. The fourth-order valence-electron chi connectivity index (χ4n) is 3.20. The molecule has 138 valence electrons. The Kier molecular flexibility index (Phi) is 6.04. The molecule has 1 aliphatic rings. The third kappa shape index (κ3) is 4.94. The van der Waals surface area contributed by atoms with Crippen LogP contribution >= 0.6 is 0 Å². The van der Waals surface area contributed by atoms with Crippen LogP contribution in [0.1, 0.15) is 30.4 Å². The van der Waals surface area contributed by atoms with Gasteiger partial charge in [-0.2, -0.15) is 4.98 Å². The smallest absolute Gasteiger partial charge is 0.319 e. The minimum absolute atomic E-state index is 0.0497. The first-order valence-corrected chi connectivity index (χ1v) is 9.01. The number of amides is 1. The van der Waals surface area contributed by atoms with E-state index in [9.17, 15) is 4.79 Å². The van der Waals surface area contributed by atoms with Crippen molar-refractivity contribution in [3.63, 3.8) is 0 Å². The number of ether oxygens (including phenoxy) is 2. The number of carbonyl (C=O) groups is 1. The number of nitrogens with zero attached hydrogens (tertiary/aromatic N) is 3. The first kappa shape index (κ1) is 18.2. The van der Waals surface area contributed by atoms with Crippen molar-refractivity contribution in [2.24, 2.45) is 0 Å². The minimum Gasteiger partial charge on any atom is -0.472 e. The molecule has 1 aromatic heterocycles. The molecular formula is C20H25N3O3. The molecule has 0 saturated carbocycles. The molecule has 0 aliphatic carbocycles. The van der Waals surface area contributed by atoms with Crippen molar-refractivity contribution >= 4 is 5.91 Å². The molecule has 3 rings (SSSR count). The second-order valence-electron chi connectivity index (χ2n) is 6.59. The Bertz CT molecular complexity index is 751. The summed E-state index contributed by atoms with van der Waals surface area (Å²) in [6.45, 7) is 3.46. The van der Waals surface area contributed by atoms with Crippen LogP contribution in [0.25, 0.3) is 0 Å². The highest BCUT2D eigenvalue weighted by atomic mass is 16.5. The summed E-state index contributed by atoms with van der Waals surface area (Å²) in [6.07, 6.45) is 4.70. The van der Waals surface area contributed by atoms with Crippen molar-refractivity contribution in [3.8, 4) is 11.9 Å². The van der Waals surface area contributed by atoms with Gasteiger partial charge in [0.1, 0.15) is 6.10 Å². The molecule has 1 aromatic carbocycles. The Morgan fingerprint density at radius 3 is 3.04 bits per heavy atom. The number of hydrogen-bond acceptors (Lipinski definition) is 5. The predicted molar refractivity (Wildman–Crippen MR) is 98.3 cm³/mol. The van der Waals surface area contributed by atoms with Gasteiger partial charge >= 0.3 is 6.01 Å². The number of rotatable bonds is 6. The molecule has 1 fully saturated rings. The van der Waals surface area contributed by atoms with Crippen molar-refractivity contribution in [2.45, 2.75) is 38.7 Å². The number of likely N-dealkylation sites (tertiary alicyclic amines) is 1. The van der Waals surface area contributed by atoms with Gasteiger partial charge in [-0.05, 0) is 31.7 Å². The zero-order chi connectivity index (χ0) is 18.4. The summed E-state index contributed by atoms with van der Waals surface area (Å²) in [6, 6.07) is 10.3. The van der Waals surface area contributed by atoms with Gasteiger partial charge in [-0.1, -0.05) is 29.8 Å². The summed E-state index contributed by atoms with van der Waals surface area (Å²) in [5.74, 6) is 0.663. The van der Waals surface area contributed by atoms with Crippen molar-refractivity contribution in [1.82, 2.24) is 14.9 Å². The standard InChI is InChI=1S/C20H25N3O3/c1-15-5-3-6-16(13-15)8-9-19(24)23-12-4-7-17(14-23)26-18-10-11-21-20(22-18)25-2/h3,5-6,10-11,13,17H,4,7-9,12,14H2,1-2H3. The molecule has 1 saturated heterocycles. The lowest BCUT2D eigenvalue weighted by atomic mass is 10.0. The third-order valence-corrected chi connectivity index (χ3v) is 4.52. The van der Waals surface area contributed by atoms with Gasteiger partial charge in [-0.15, -0.1) is 0 Å². The summed E-state index contributed by atoms with van der Waals surface area (Å²) in [5.41, 5.74) is 2.43. The molecule has 1 aliphatic heterocycles. The molecule has 2 aromatic rings. The zero-order valence-corrected chi connectivity index (χ0v) is 15.4. The van der Waals surface area contributed by atoms with Gasteiger partial charge in [-0.3, -0.25) is 4.79 Å². The largest absolute Gasteiger partial charge is 0.472 e. The Balaban J connectivity index is 1.53. The highest BCUT2D eigenvalue weighted by molar-refractivity contribution is 5.76. The Morgan fingerprint density at radius 1 is 1.35 bits per heavy atom. The summed E-state index contributed by atoms with van der Waals surface area (Å²) < 4.78 is 11.0. The highest BCUT2D eigenvalue weighted by Crippen LogP contribution is 2.19. The van der Waals surface area contributed by atoms with Crippen LogP contribution in [0.2, 0.25) is 0 Å².